The van der Waals surface area contributed by atoms with Crippen LogP contribution in [0.5, 0.6) is 0 Å². The second-order valence-corrected chi connectivity index (χ2v) is 6.78. The van der Waals surface area contributed by atoms with Gasteiger partial charge in [-0.05, 0) is 46.6 Å². The molecule has 0 aromatic heterocycles. The Morgan fingerprint density at radius 1 is 1.30 bits per heavy atom. The second kappa shape index (κ2) is 6.41. The van der Waals surface area contributed by atoms with E-state index in [0.717, 1.165) is 51.9 Å². The van der Waals surface area contributed by atoms with Gasteiger partial charge in [-0.1, -0.05) is 0 Å². The Hall–Kier alpha value is -0.650. The Morgan fingerprint density at radius 3 is 2.50 bits per heavy atom. The Morgan fingerprint density at radius 2 is 1.95 bits per heavy atom. The van der Waals surface area contributed by atoms with E-state index in [0.29, 0.717) is 6.04 Å². The van der Waals surface area contributed by atoms with Crippen LogP contribution in [0, 0.1) is 0 Å². The lowest BCUT2D eigenvalue weighted by Gasteiger charge is -2.45. The van der Waals surface area contributed by atoms with E-state index in [1.807, 2.05) is 13.8 Å². The van der Waals surface area contributed by atoms with E-state index >= 15 is 0 Å². The van der Waals surface area contributed by atoms with Crippen LogP contribution in [0.15, 0.2) is 0 Å². The van der Waals surface area contributed by atoms with Crippen LogP contribution in [0.25, 0.3) is 0 Å². The van der Waals surface area contributed by atoms with Crippen molar-refractivity contribution in [3.8, 4) is 0 Å². The first-order valence-corrected chi connectivity index (χ1v) is 7.87. The number of nitrogens with one attached hydrogen (secondary N) is 1. The normalized spacial score (nSPS) is 33.5. The van der Waals surface area contributed by atoms with Crippen molar-refractivity contribution in [3.63, 3.8) is 0 Å². The molecule has 5 heteroatoms. The van der Waals surface area contributed by atoms with Gasteiger partial charge >= 0.3 is 5.97 Å². The van der Waals surface area contributed by atoms with Crippen molar-refractivity contribution < 1.29 is 9.90 Å². The molecule has 116 valence electrons. The maximum atomic E-state index is 11.8. The molecule has 2 atom stereocenters. The Kier molecular flexibility index (Phi) is 5.04. The zero-order valence-electron chi connectivity index (χ0n) is 13.1. The summed E-state index contributed by atoms with van der Waals surface area (Å²) in [7, 11) is 2.15. The summed E-state index contributed by atoms with van der Waals surface area (Å²) in [6, 6.07) is 0.622. The second-order valence-electron chi connectivity index (χ2n) is 6.78. The first kappa shape index (κ1) is 15.7. The molecule has 2 rings (SSSR count). The molecule has 2 N–H and O–H groups in total. The van der Waals surface area contributed by atoms with Crippen LogP contribution in [0.3, 0.4) is 0 Å². The molecule has 1 saturated heterocycles. The van der Waals surface area contributed by atoms with E-state index in [1.165, 1.54) is 0 Å². The first-order valence-electron chi connectivity index (χ1n) is 7.87. The van der Waals surface area contributed by atoms with Gasteiger partial charge in [0.1, 0.15) is 5.54 Å². The van der Waals surface area contributed by atoms with Crippen molar-refractivity contribution in [1.82, 2.24) is 15.1 Å². The summed E-state index contributed by atoms with van der Waals surface area (Å²) in [5.74, 6) is -0.676. The molecule has 1 aliphatic heterocycles. The van der Waals surface area contributed by atoms with Gasteiger partial charge in [-0.25, -0.2) is 0 Å². The van der Waals surface area contributed by atoms with Gasteiger partial charge in [-0.2, -0.15) is 0 Å². The van der Waals surface area contributed by atoms with E-state index in [4.69, 9.17) is 0 Å². The zero-order chi connectivity index (χ0) is 14.8. The van der Waals surface area contributed by atoms with Crippen LogP contribution >= 0.6 is 0 Å². The van der Waals surface area contributed by atoms with E-state index in [9.17, 15) is 9.90 Å². The minimum absolute atomic E-state index is 0.206. The smallest absolute Gasteiger partial charge is 0.323 e. The molecule has 0 amide bonds. The van der Waals surface area contributed by atoms with Crippen molar-refractivity contribution in [3.05, 3.63) is 0 Å². The summed E-state index contributed by atoms with van der Waals surface area (Å²) in [5, 5.41) is 13.0. The van der Waals surface area contributed by atoms with Crippen LogP contribution in [0.1, 0.15) is 39.5 Å². The molecule has 20 heavy (non-hydrogen) atoms. The third kappa shape index (κ3) is 3.51. The van der Waals surface area contributed by atoms with Gasteiger partial charge in [0.2, 0.25) is 0 Å². The van der Waals surface area contributed by atoms with Gasteiger partial charge < -0.3 is 10.0 Å². The predicted molar refractivity (Wildman–Crippen MR) is 80.0 cm³/mol. The summed E-state index contributed by atoms with van der Waals surface area (Å²) < 4.78 is 0. The lowest BCUT2D eigenvalue weighted by Crippen LogP contribution is -2.61. The van der Waals surface area contributed by atoms with Crippen molar-refractivity contribution in [2.45, 2.75) is 57.2 Å². The highest BCUT2D eigenvalue weighted by molar-refractivity contribution is 5.79. The molecule has 0 aromatic carbocycles. The monoisotopic (exact) mass is 283 g/mol. The molecule has 0 aromatic rings. The number of nitrogens with zero attached hydrogens (tertiary/aromatic N) is 2. The lowest BCUT2D eigenvalue weighted by molar-refractivity contribution is -0.148. The standard InChI is InChI=1S/C15H29N3O2/c1-12(2)16-15(14(19)20)6-4-5-13(11-15)18-9-7-17(3)8-10-18/h12-13,16H,4-11H2,1-3H3,(H,19,20). The van der Waals surface area contributed by atoms with Gasteiger partial charge in [-0.15, -0.1) is 0 Å². The summed E-state index contributed by atoms with van der Waals surface area (Å²) in [6.07, 6.45) is 3.64. The molecular formula is C15H29N3O2. The molecular weight excluding hydrogens is 254 g/mol. The van der Waals surface area contributed by atoms with Gasteiger partial charge in [0.15, 0.2) is 0 Å². The molecule has 2 unspecified atom stereocenters. The summed E-state index contributed by atoms with van der Waals surface area (Å²) in [6.45, 7) is 8.38. The quantitative estimate of drug-likeness (QED) is 0.806. The highest BCUT2D eigenvalue weighted by Crippen LogP contribution is 2.32. The maximum Gasteiger partial charge on any atom is 0.323 e. The van der Waals surface area contributed by atoms with Gasteiger partial charge in [-0.3, -0.25) is 15.0 Å². The molecule has 1 heterocycles. The molecule has 0 radical (unpaired) electrons. The highest BCUT2D eigenvalue weighted by atomic mass is 16.4. The number of likely N-dealkylation sites (N-methyl/N-ethyl adjacent to an activating group) is 1. The van der Waals surface area contributed by atoms with E-state index < -0.39 is 11.5 Å². The number of carboxylic acid groups (broad SMARTS) is 1. The van der Waals surface area contributed by atoms with Crippen LogP contribution < -0.4 is 5.32 Å². The topological polar surface area (TPSA) is 55.8 Å². The molecule has 1 aliphatic carbocycles. The van der Waals surface area contributed by atoms with Gasteiger partial charge in [0, 0.05) is 38.3 Å². The largest absolute Gasteiger partial charge is 0.480 e. The Labute approximate surface area is 122 Å². The third-order valence-corrected chi connectivity index (χ3v) is 4.75. The lowest BCUT2D eigenvalue weighted by atomic mass is 9.77. The fourth-order valence-electron chi connectivity index (χ4n) is 3.68. The number of aliphatic carboxylic acids is 1. The van der Waals surface area contributed by atoms with Crippen LogP contribution in [0.2, 0.25) is 0 Å². The van der Waals surface area contributed by atoms with Crippen molar-refractivity contribution in [2.24, 2.45) is 0 Å². The number of carboxylic acids is 1. The SMILES string of the molecule is CC(C)NC1(C(=O)O)CCCC(N2CCN(C)CC2)C1. The molecule has 0 bridgehead atoms. The van der Waals surface area contributed by atoms with Crippen molar-refractivity contribution in [2.75, 3.05) is 33.2 Å². The maximum absolute atomic E-state index is 11.8. The van der Waals surface area contributed by atoms with Crippen LogP contribution in [-0.4, -0.2) is 71.7 Å². The molecule has 2 aliphatic rings. The number of rotatable bonds is 4. The summed E-state index contributed by atoms with van der Waals surface area (Å²) >= 11 is 0. The van der Waals surface area contributed by atoms with Crippen LogP contribution in [-0.2, 0) is 4.79 Å². The van der Waals surface area contributed by atoms with E-state index in [2.05, 4.69) is 22.2 Å². The minimum Gasteiger partial charge on any atom is -0.480 e. The summed E-state index contributed by atoms with van der Waals surface area (Å²) in [5.41, 5.74) is -0.722. The molecule has 2 fully saturated rings. The van der Waals surface area contributed by atoms with Crippen LogP contribution in [0.4, 0.5) is 0 Å². The minimum atomic E-state index is -0.722. The zero-order valence-corrected chi connectivity index (χ0v) is 13.1. The number of hydrogen-bond donors (Lipinski definition) is 2. The molecule has 5 nitrogen and oxygen atoms in total. The summed E-state index contributed by atoms with van der Waals surface area (Å²) in [4.78, 5) is 16.6. The highest BCUT2D eigenvalue weighted by Gasteiger charge is 2.44. The third-order valence-electron chi connectivity index (χ3n) is 4.75. The van der Waals surface area contributed by atoms with Crippen molar-refractivity contribution in [1.29, 1.82) is 0 Å². The Bertz CT molecular complexity index is 340. The fraction of sp³-hybridized carbons (Fsp3) is 0.933. The average Bonchev–Trinajstić information content (AvgIpc) is 2.39. The van der Waals surface area contributed by atoms with Gasteiger partial charge in [0.25, 0.3) is 0 Å². The Balaban J connectivity index is 2.03. The number of piperazine rings is 1. The number of hydrogen-bond acceptors (Lipinski definition) is 4. The predicted octanol–water partition coefficient (Wildman–Crippen LogP) is 0.998. The average molecular weight is 283 g/mol. The van der Waals surface area contributed by atoms with Crippen molar-refractivity contribution >= 4 is 5.97 Å². The number of carbonyl (C=O) groups is 1. The fourth-order valence-corrected chi connectivity index (χ4v) is 3.68. The molecule has 0 spiro atoms. The van der Waals surface area contributed by atoms with E-state index in [-0.39, 0.29) is 6.04 Å². The van der Waals surface area contributed by atoms with Gasteiger partial charge in [0.05, 0.1) is 0 Å². The molecule has 1 saturated carbocycles. The van der Waals surface area contributed by atoms with E-state index in [1.54, 1.807) is 0 Å². The first-order chi connectivity index (χ1) is 9.43.